The number of imide groups is 2. The molecule has 0 aromatic heterocycles. The lowest BCUT2D eigenvalue weighted by Gasteiger charge is -2.19. The Bertz CT molecular complexity index is 717. The highest BCUT2D eigenvalue weighted by Gasteiger charge is 2.45. The Labute approximate surface area is 184 Å². The molecule has 7 amide bonds. The number of nitrogens with zero attached hydrogens (tertiary/aromatic N) is 3. The number of hydrogen-bond donors (Lipinski definition) is 2. The molecule has 10 nitrogen and oxygen atoms in total. The fourth-order valence-electron chi connectivity index (χ4n) is 3.33. The quantitative estimate of drug-likeness (QED) is 0.649. The zero-order valence-electron chi connectivity index (χ0n) is 19.9. The topological polar surface area (TPSA) is 119 Å². The molecule has 0 radical (unpaired) electrons. The highest BCUT2D eigenvalue weighted by Crippen LogP contribution is 2.18. The van der Waals surface area contributed by atoms with Crippen LogP contribution in [0.5, 0.6) is 0 Å². The number of rotatable bonds is 3. The molecule has 2 N–H and O–H groups in total. The van der Waals surface area contributed by atoms with Gasteiger partial charge in [-0.05, 0) is 61.8 Å². The standard InChI is InChI=1S/C8H14N2O2.C7H13NO.C6H10N2O2/c1-5(2)10-6(11)8(3,4)9-7(10)12;1-6(2)8-5-3-4-7(8)9;1-4(2)8-3-5(9)7-6(8)10/h5H,1-4H3,(H,9,12);6H,3-5H2,1-2H3;4H,3H2,1-2H3,(H,7,9,10). The maximum Gasteiger partial charge on any atom is 0.325 e. The molecular formula is C21H37N5O5. The molecule has 0 aliphatic carbocycles. The minimum absolute atomic E-state index is 0.0701. The van der Waals surface area contributed by atoms with Gasteiger partial charge >= 0.3 is 12.1 Å². The summed E-state index contributed by atoms with van der Waals surface area (Å²) in [6, 6.07) is -0.134. The van der Waals surface area contributed by atoms with Gasteiger partial charge in [0.2, 0.25) is 11.8 Å². The van der Waals surface area contributed by atoms with E-state index in [1.807, 2.05) is 32.6 Å². The van der Waals surface area contributed by atoms with Gasteiger partial charge in [-0.15, -0.1) is 0 Å². The molecule has 0 spiro atoms. The Morgan fingerprint density at radius 2 is 1.35 bits per heavy atom. The monoisotopic (exact) mass is 439 g/mol. The average molecular weight is 440 g/mol. The Morgan fingerprint density at radius 1 is 0.806 bits per heavy atom. The van der Waals surface area contributed by atoms with E-state index in [4.69, 9.17) is 0 Å². The number of amides is 7. The van der Waals surface area contributed by atoms with Crippen LogP contribution in [0, 0.1) is 0 Å². The van der Waals surface area contributed by atoms with Gasteiger partial charge < -0.3 is 15.1 Å². The molecule has 0 bridgehead atoms. The number of carbonyl (C=O) groups is 5. The van der Waals surface area contributed by atoms with Gasteiger partial charge in [0.1, 0.15) is 12.1 Å². The van der Waals surface area contributed by atoms with Gasteiger partial charge in [-0.2, -0.15) is 0 Å². The summed E-state index contributed by atoms with van der Waals surface area (Å²) in [5, 5.41) is 4.81. The molecule has 0 atom stereocenters. The van der Waals surface area contributed by atoms with Crippen LogP contribution in [0.25, 0.3) is 0 Å². The zero-order chi connectivity index (χ0) is 24.1. The summed E-state index contributed by atoms with van der Waals surface area (Å²) in [5.74, 6) is -0.0359. The summed E-state index contributed by atoms with van der Waals surface area (Å²) < 4.78 is 0. The van der Waals surface area contributed by atoms with Gasteiger partial charge in [0.15, 0.2) is 0 Å². The SMILES string of the molecule is CC(C)N1C(=O)NC(C)(C)C1=O.CC(C)N1CC(=O)NC1=O.CC(C)N1CCCC1=O. The van der Waals surface area contributed by atoms with Gasteiger partial charge in [-0.1, -0.05) is 0 Å². The molecule has 3 rings (SSSR count). The number of hydrogen-bond acceptors (Lipinski definition) is 5. The summed E-state index contributed by atoms with van der Waals surface area (Å²) in [7, 11) is 0. The fraction of sp³-hybridized carbons (Fsp3) is 0.762. The van der Waals surface area contributed by atoms with Crippen molar-refractivity contribution in [2.75, 3.05) is 13.1 Å². The molecule has 3 heterocycles. The van der Waals surface area contributed by atoms with Crippen molar-refractivity contribution in [1.29, 1.82) is 0 Å². The zero-order valence-corrected chi connectivity index (χ0v) is 19.9. The van der Waals surface area contributed by atoms with Gasteiger partial charge in [-0.25, -0.2) is 9.59 Å². The lowest BCUT2D eigenvalue weighted by Crippen LogP contribution is -2.41. The number of urea groups is 2. The molecule has 3 fully saturated rings. The van der Waals surface area contributed by atoms with Crippen molar-refractivity contribution in [3.8, 4) is 0 Å². The maximum absolute atomic E-state index is 11.5. The Morgan fingerprint density at radius 3 is 1.55 bits per heavy atom. The van der Waals surface area contributed by atoms with Crippen LogP contribution in [0.1, 0.15) is 68.2 Å². The predicted octanol–water partition coefficient (Wildman–Crippen LogP) is 1.69. The van der Waals surface area contributed by atoms with E-state index in [0.717, 1.165) is 19.4 Å². The first kappa shape index (κ1) is 26.4. The van der Waals surface area contributed by atoms with Crippen LogP contribution in [0.15, 0.2) is 0 Å². The van der Waals surface area contributed by atoms with E-state index in [-0.39, 0.29) is 42.5 Å². The highest BCUT2D eigenvalue weighted by molar-refractivity contribution is 6.06. The first-order chi connectivity index (χ1) is 14.2. The Hall–Kier alpha value is -2.65. The van der Waals surface area contributed by atoms with Crippen LogP contribution in [-0.4, -0.2) is 81.2 Å². The Kier molecular flexibility index (Phi) is 9.01. The molecule has 31 heavy (non-hydrogen) atoms. The van der Waals surface area contributed by atoms with Gasteiger partial charge in [-0.3, -0.25) is 24.6 Å². The van der Waals surface area contributed by atoms with E-state index in [2.05, 4.69) is 24.5 Å². The van der Waals surface area contributed by atoms with Crippen molar-refractivity contribution in [3.05, 3.63) is 0 Å². The van der Waals surface area contributed by atoms with Crippen molar-refractivity contribution >= 4 is 29.8 Å². The largest absolute Gasteiger partial charge is 0.340 e. The lowest BCUT2D eigenvalue weighted by molar-refractivity contribution is -0.131. The van der Waals surface area contributed by atoms with E-state index in [1.54, 1.807) is 13.8 Å². The number of likely N-dealkylation sites (tertiary alicyclic amines) is 1. The van der Waals surface area contributed by atoms with Crippen molar-refractivity contribution < 1.29 is 24.0 Å². The van der Waals surface area contributed by atoms with Crippen LogP contribution >= 0.6 is 0 Å². The minimum atomic E-state index is -0.735. The van der Waals surface area contributed by atoms with E-state index < -0.39 is 5.54 Å². The molecule has 10 heteroatoms. The molecule has 0 aromatic rings. The minimum Gasteiger partial charge on any atom is -0.340 e. The number of nitrogens with one attached hydrogen (secondary N) is 2. The van der Waals surface area contributed by atoms with Crippen LogP contribution in [-0.2, 0) is 14.4 Å². The second-order valence-electron chi connectivity index (χ2n) is 9.18. The van der Waals surface area contributed by atoms with E-state index in [9.17, 15) is 24.0 Å². The van der Waals surface area contributed by atoms with Crippen LogP contribution in [0.4, 0.5) is 9.59 Å². The van der Waals surface area contributed by atoms with E-state index >= 15 is 0 Å². The molecule has 0 aromatic carbocycles. The first-order valence-corrected chi connectivity index (χ1v) is 10.7. The van der Waals surface area contributed by atoms with Crippen molar-refractivity contribution in [1.82, 2.24) is 25.3 Å². The van der Waals surface area contributed by atoms with Gasteiger partial charge in [0.05, 0.1) is 0 Å². The average Bonchev–Trinajstić information content (AvgIpc) is 3.25. The summed E-state index contributed by atoms with van der Waals surface area (Å²) in [4.78, 5) is 59.8. The van der Waals surface area contributed by atoms with Gasteiger partial charge in [0, 0.05) is 31.1 Å². The molecule has 3 saturated heterocycles. The third kappa shape index (κ3) is 6.93. The lowest BCUT2D eigenvalue weighted by atomic mass is 10.1. The highest BCUT2D eigenvalue weighted by atomic mass is 16.2. The molecule has 176 valence electrons. The van der Waals surface area contributed by atoms with Gasteiger partial charge in [0.25, 0.3) is 5.91 Å². The maximum atomic E-state index is 11.5. The summed E-state index contributed by atoms with van der Waals surface area (Å²) >= 11 is 0. The predicted molar refractivity (Wildman–Crippen MR) is 116 cm³/mol. The summed E-state index contributed by atoms with van der Waals surface area (Å²) in [5.41, 5.74) is -0.735. The van der Waals surface area contributed by atoms with Crippen LogP contribution < -0.4 is 10.6 Å². The second kappa shape index (κ2) is 10.6. The van der Waals surface area contributed by atoms with Crippen LogP contribution in [0.3, 0.4) is 0 Å². The Balaban J connectivity index is 0.000000235. The molecule has 3 aliphatic heterocycles. The van der Waals surface area contributed by atoms with Crippen molar-refractivity contribution in [2.24, 2.45) is 0 Å². The molecule has 3 aliphatic rings. The normalized spacial score (nSPS) is 20.2. The van der Waals surface area contributed by atoms with Crippen LogP contribution in [0.2, 0.25) is 0 Å². The third-order valence-electron chi connectivity index (χ3n) is 5.09. The number of carbonyl (C=O) groups excluding carboxylic acids is 5. The molecule has 0 unspecified atom stereocenters. The summed E-state index contributed by atoms with van der Waals surface area (Å²) in [6.45, 7) is 16.1. The molecule has 0 saturated carbocycles. The molecular weight excluding hydrogens is 402 g/mol. The van der Waals surface area contributed by atoms with E-state index in [0.29, 0.717) is 11.9 Å². The second-order valence-corrected chi connectivity index (χ2v) is 9.18. The third-order valence-corrected chi connectivity index (χ3v) is 5.09. The van der Waals surface area contributed by atoms with Crippen molar-refractivity contribution in [3.63, 3.8) is 0 Å². The van der Waals surface area contributed by atoms with E-state index in [1.165, 1.54) is 9.80 Å². The first-order valence-electron chi connectivity index (χ1n) is 10.7. The summed E-state index contributed by atoms with van der Waals surface area (Å²) in [6.07, 6.45) is 1.81. The van der Waals surface area contributed by atoms with Crippen molar-refractivity contribution in [2.45, 2.75) is 91.9 Å². The smallest absolute Gasteiger partial charge is 0.325 e. The fourth-order valence-corrected chi connectivity index (χ4v) is 3.33.